The molecule has 0 unspecified atom stereocenters. The minimum Gasteiger partial charge on any atom is -0.421 e. The van der Waals surface area contributed by atoms with Crippen molar-refractivity contribution < 1.29 is 8.81 Å². The summed E-state index contributed by atoms with van der Waals surface area (Å²) in [5.74, 6) is 0.525. The number of nitrogens with one attached hydrogen (secondary N) is 1. The Morgan fingerprint density at radius 2 is 2.00 bits per heavy atom. The van der Waals surface area contributed by atoms with Crippen molar-refractivity contribution in [2.45, 2.75) is 32.7 Å². The van der Waals surface area contributed by atoms with Crippen molar-refractivity contribution in [3.63, 3.8) is 0 Å². The van der Waals surface area contributed by atoms with Gasteiger partial charge < -0.3 is 9.73 Å². The summed E-state index contributed by atoms with van der Waals surface area (Å²) in [6.45, 7) is 7.03. The van der Waals surface area contributed by atoms with Crippen LogP contribution in [-0.2, 0) is 6.42 Å². The largest absolute Gasteiger partial charge is 0.421 e. The van der Waals surface area contributed by atoms with Crippen LogP contribution in [0, 0.1) is 5.82 Å². The maximum absolute atomic E-state index is 13.3. The molecule has 4 nitrogen and oxygen atoms in total. The van der Waals surface area contributed by atoms with Crippen LogP contribution < -0.4 is 5.32 Å². The molecule has 0 saturated heterocycles. The van der Waals surface area contributed by atoms with Crippen LogP contribution in [0.5, 0.6) is 0 Å². The molecule has 0 radical (unpaired) electrons. The van der Waals surface area contributed by atoms with Gasteiger partial charge in [-0.05, 0) is 39.0 Å². The van der Waals surface area contributed by atoms with E-state index in [2.05, 4.69) is 52.2 Å². The molecule has 0 bridgehead atoms. The molecule has 0 amide bonds. The van der Waals surface area contributed by atoms with E-state index in [0.29, 0.717) is 28.2 Å². The zero-order valence-corrected chi connectivity index (χ0v) is 13.3. The summed E-state index contributed by atoms with van der Waals surface area (Å²) in [5.41, 5.74) is 0.621. The molecule has 1 aromatic heterocycles. The molecule has 0 atom stereocenters. The van der Waals surface area contributed by atoms with Crippen molar-refractivity contribution in [1.29, 1.82) is 0 Å². The number of nitrogens with zero attached hydrogens (tertiary/aromatic N) is 2. The Morgan fingerprint density at radius 3 is 2.65 bits per heavy atom. The lowest BCUT2D eigenvalue weighted by Gasteiger charge is -2.19. The SMILES string of the molecule is CC(C)(C)NCCc1nnc(-c2cc(F)cc(Br)c2)o1. The topological polar surface area (TPSA) is 51.0 Å². The van der Waals surface area contributed by atoms with Gasteiger partial charge in [-0.1, -0.05) is 15.9 Å². The summed E-state index contributed by atoms with van der Waals surface area (Å²) in [6, 6.07) is 4.50. The predicted molar refractivity (Wildman–Crippen MR) is 78.9 cm³/mol. The van der Waals surface area contributed by atoms with Gasteiger partial charge in [0.25, 0.3) is 0 Å². The number of halogens is 2. The molecule has 0 spiro atoms. The van der Waals surface area contributed by atoms with Crippen molar-refractivity contribution >= 4 is 15.9 Å². The van der Waals surface area contributed by atoms with Gasteiger partial charge in [-0.2, -0.15) is 0 Å². The molecule has 1 N–H and O–H groups in total. The zero-order valence-electron chi connectivity index (χ0n) is 11.7. The lowest BCUT2D eigenvalue weighted by molar-refractivity contribution is 0.411. The quantitative estimate of drug-likeness (QED) is 0.923. The maximum Gasteiger partial charge on any atom is 0.247 e. The summed E-state index contributed by atoms with van der Waals surface area (Å²) < 4.78 is 19.5. The highest BCUT2D eigenvalue weighted by Crippen LogP contribution is 2.23. The molecule has 1 aromatic carbocycles. The number of benzene rings is 1. The van der Waals surface area contributed by atoms with Gasteiger partial charge in [0, 0.05) is 28.5 Å². The van der Waals surface area contributed by atoms with Gasteiger partial charge in [-0.25, -0.2) is 4.39 Å². The first kappa shape index (κ1) is 15.1. The summed E-state index contributed by atoms with van der Waals surface area (Å²) in [6.07, 6.45) is 0.640. The number of hydrogen-bond donors (Lipinski definition) is 1. The van der Waals surface area contributed by atoms with Gasteiger partial charge in [0.15, 0.2) is 0 Å². The molecule has 108 valence electrons. The fourth-order valence-electron chi connectivity index (χ4n) is 1.69. The van der Waals surface area contributed by atoms with Crippen molar-refractivity contribution in [3.05, 3.63) is 34.4 Å². The third kappa shape index (κ3) is 4.38. The van der Waals surface area contributed by atoms with E-state index < -0.39 is 0 Å². The second-order valence-corrected chi connectivity index (χ2v) is 6.50. The molecular weight excluding hydrogens is 325 g/mol. The third-order valence-corrected chi connectivity index (χ3v) is 3.03. The first-order valence-electron chi connectivity index (χ1n) is 6.37. The van der Waals surface area contributed by atoms with Crippen LogP contribution in [0.4, 0.5) is 4.39 Å². The fourth-order valence-corrected chi connectivity index (χ4v) is 2.16. The van der Waals surface area contributed by atoms with Crippen LogP contribution in [0.3, 0.4) is 0 Å². The van der Waals surface area contributed by atoms with E-state index in [-0.39, 0.29) is 11.4 Å². The molecule has 1 heterocycles. The van der Waals surface area contributed by atoms with Crippen LogP contribution in [0.1, 0.15) is 26.7 Å². The summed E-state index contributed by atoms with van der Waals surface area (Å²) in [7, 11) is 0. The molecule has 20 heavy (non-hydrogen) atoms. The Bertz CT molecular complexity index is 572. The minimum atomic E-state index is -0.344. The Hall–Kier alpha value is -1.27. The molecule has 0 aliphatic carbocycles. The van der Waals surface area contributed by atoms with Crippen molar-refractivity contribution in [2.24, 2.45) is 0 Å². The third-order valence-electron chi connectivity index (χ3n) is 2.57. The standard InChI is InChI=1S/C14H17BrFN3O/c1-14(2,3)17-5-4-12-18-19-13(20-12)9-6-10(15)8-11(16)7-9/h6-8,17H,4-5H2,1-3H3. The monoisotopic (exact) mass is 341 g/mol. The fraction of sp³-hybridized carbons (Fsp3) is 0.429. The van der Waals surface area contributed by atoms with Gasteiger partial charge in [0.05, 0.1) is 0 Å². The van der Waals surface area contributed by atoms with E-state index >= 15 is 0 Å². The average Bonchev–Trinajstić information content (AvgIpc) is 2.74. The van der Waals surface area contributed by atoms with Gasteiger partial charge >= 0.3 is 0 Å². The molecule has 0 saturated carbocycles. The van der Waals surface area contributed by atoms with Gasteiger partial charge in [-0.15, -0.1) is 10.2 Å². The van der Waals surface area contributed by atoms with E-state index in [1.807, 2.05) is 0 Å². The van der Waals surface area contributed by atoms with Crippen LogP contribution >= 0.6 is 15.9 Å². The Kier molecular flexibility index (Phi) is 4.55. The van der Waals surface area contributed by atoms with Gasteiger partial charge in [0.1, 0.15) is 5.82 Å². The Labute approximate surface area is 125 Å². The van der Waals surface area contributed by atoms with E-state index in [4.69, 9.17) is 4.42 Å². The summed E-state index contributed by atoms with van der Waals surface area (Å²) in [4.78, 5) is 0. The van der Waals surface area contributed by atoms with Crippen LogP contribution in [0.2, 0.25) is 0 Å². The normalized spacial score (nSPS) is 11.8. The van der Waals surface area contributed by atoms with E-state index in [1.54, 1.807) is 6.07 Å². The van der Waals surface area contributed by atoms with Crippen molar-refractivity contribution in [1.82, 2.24) is 15.5 Å². The minimum absolute atomic E-state index is 0.0519. The molecular formula is C14H17BrFN3O. The molecule has 0 fully saturated rings. The Balaban J connectivity index is 2.05. The molecule has 2 rings (SSSR count). The predicted octanol–water partition coefficient (Wildman–Crippen LogP) is 3.57. The molecule has 0 aliphatic rings. The number of rotatable bonds is 4. The van der Waals surface area contributed by atoms with Crippen LogP contribution in [0.25, 0.3) is 11.5 Å². The van der Waals surface area contributed by atoms with Crippen molar-refractivity contribution in [2.75, 3.05) is 6.54 Å². The highest BCUT2D eigenvalue weighted by molar-refractivity contribution is 9.10. The van der Waals surface area contributed by atoms with Crippen LogP contribution in [0.15, 0.2) is 27.1 Å². The molecule has 6 heteroatoms. The smallest absolute Gasteiger partial charge is 0.247 e. The lowest BCUT2D eigenvalue weighted by atomic mass is 10.1. The van der Waals surface area contributed by atoms with Crippen molar-refractivity contribution in [3.8, 4) is 11.5 Å². The second kappa shape index (κ2) is 6.01. The maximum atomic E-state index is 13.3. The number of aromatic nitrogens is 2. The second-order valence-electron chi connectivity index (χ2n) is 5.59. The Morgan fingerprint density at radius 1 is 1.25 bits per heavy atom. The van der Waals surface area contributed by atoms with Gasteiger partial charge in [-0.3, -0.25) is 0 Å². The number of hydrogen-bond acceptors (Lipinski definition) is 4. The first-order valence-corrected chi connectivity index (χ1v) is 7.17. The van der Waals surface area contributed by atoms with E-state index in [1.165, 1.54) is 12.1 Å². The van der Waals surface area contributed by atoms with E-state index in [9.17, 15) is 4.39 Å². The average molecular weight is 342 g/mol. The highest BCUT2D eigenvalue weighted by Gasteiger charge is 2.12. The summed E-state index contributed by atoms with van der Waals surface area (Å²) in [5, 5.41) is 11.3. The lowest BCUT2D eigenvalue weighted by Crippen LogP contribution is -2.37. The zero-order chi connectivity index (χ0) is 14.8. The summed E-state index contributed by atoms with van der Waals surface area (Å²) >= 11 is 3.24. The molecule has 2 aromatic rings. The highest BCUT2D eigenvalue weighted by atomic mass is 79.9. The van der Waals surface area contributed by atoms with Crippen LogP contribution in [-0.4, -0.2) is 22.3 Å². The first-order chi connectivity index (χ1) is 9.33. The molecule has 0 aliphatic heterocycles. The van der Waals surface area contributed by atoms with E-state index in [0.717, 1.165) is 6.54 Å². The van der Waals surface area contributed by atoms with Gasteiger partial charge in [0.2, 0.25) is 11.8 Å².